The molecular formula is C15H22N2O2. The molecule has 2 N–H and O–H groups in total. The number of benzene rings is 1. The molecule has 1 saturated heterocycles. The fourth-order valence-electron chi connectivity index (χ4n) is 2.49. The molecule has 19 heavy (non-hydrogen) atoms. The first kappa shape index (κ1) is 13.9. The van der Waals surface area contributed by atoms with Gasteiger partial charge in [0.1, 0.15) is 5.75 Å². The molecule has 0 saturated carbocycles. The van der Waals surface area contributed by atoms with E-state index >= 15 is 0 Å². The number of ether oxygens (including phenoxy) is 1. The number of nitrogens with zero attached hydrogens (tertiary/aromatic N) is 1. The highest BCUT2D eigenvalue weighted by Gasteiger charge is 2.24. The smallest absolute Gasteiger partial charge is 0.222 e. The van der Waals surface area contributed by atoms with E-state index in [1.807, 2.05) is 29.2 Å². The van der Waals surface area contributed by atoms with Gasteiger partial charge in [-0.05, 0) is 43.0 Å². The van der Waals surface area contributed by atoms with Gasteiger partial charge in [-0.1, -0.05) is 12.1 Å². The second-order valence-corrected chi connectivity index (χ2v) is 5.08. The van der Waals surface area contributed by atoms with Crippen LogP contribution in [0.15, 0.2) is 24.3 Å². The summed E-state index contributed by atoms with van der Waals surface area (Å²) in [5.74, 6) is 1.56. The Labute approximate surface area is 114 Å². The monoisotopic (exact) mass is 262 g/mol. The zero-order valence-corrected chi connectivity index (χ0v) is 11.5. The molecule has 1 aliphatic rings. The van der Waals surface area contributed by atoms with Gasteiger partial charge >= 0.3 is 0 Å². The number of amides is 1. The van der Waals surface area contributed by atoms with Crippen LogP contribution in [0.2, 0.25) is 0 Å². The summed E-state index contributed by atoms with van der Waals surface area (Å²) < 4.78 is 5.18. The van der Waals surface area contributed by atoms with Crippen LogP contribution >= 0.6 is 0 Å². The number of hydrogen-bond donors (Lipinski definition) is 1. The minimum Gasteiger partial charge on any atom is -0.497 e. The summed E-state index contributed by atoms with van der Waals surface area (Å²) in [6.45, 7) is 2.37. The molecule has 0 aliphatic carbocycles. The first-order valence-electron chi connectivity index (χ1n) is 6.83. The van der Waals surface area contributed by atoms with Gasteiger partial charge in [-0.25, -0.2) is 0 Å². The SMILES string of the molecule is COc1cccc(CCC(=O)N2CCC(CN)C2)c1. The topological polar surface area (TPSA) is 55.6 Å². The van der Waals surface area contributed by atoms with Crippen LogP contribution in [0.25, 0.3) is 0 Å². The van der Waals surface area contributed by atoms with Crippen LogP contribution < -0.4 is 10.5 Å². The summed E-state index contributed by atoms with van der Waals surface area (Å²) in [7, 11) is 1.65. The van der Waals surface area contributed by atoms with Crippen molar-refractivity contribution >= 4 is 5.91 Å². The quantitative estimate of drug-likeness (QED) is 0.873. The lowest BCUT2D eigenvalue weighted by molar-refractivity contribution is -0.130. The third-order valence-corrected chi connectivity index (χ3v) is 3.73. The van der Waals surface area contributed by atoms with Gasteiger partial charge in [-0.3, -0.25) is 4.79 Å². The molecule has 1 heterocycles. The fraction of sp³-hybridized carbons (Fsp3) is 0.533. The molecule has 0 radical (unpaired) electrons. The predicted octanol–water partition coefficient (Wildman–Crippen LogP) is 1.43. The standard InChI is InChI=1S/C15H22N2O2/c1-19-14-4-2-3-12(9-14)5-6-15(18)17-8-7-13(10-16)11-17/h2-4,9,13H,5-8,10-11,16H2,1H3. The fourth-order valence-corrected chi connectivity index (χ4v) is 2.49. The van der Waals surface area contributed by atoms with Crippen molar-refractivity contribution in [3.63, 3.8) is 0 Å². The molecule has 104 valence electrons. The zero-order chi connectivity index (χ0) is 13.7. The van der Waals surface area contributed by atoms with Crippen molar-refractivity contribution in [2.45, 2.75) is 19.3 Å². The molecule has 1 fully saturated rings. The molecular weight excluding hydrogens is 240 g/mol. The van der Waals surface area contributed by atoms with Crippen LogP contribution in [0.4, 0.5) is 0 Å². The van der Waals surface area contributed by atoms with E-state index in [0.29, 0.717) is 18.9 Å². The Morgan fingerprint density at radius 1 is 1.53 bits per heavy atom. The molecule has 0 aromatic heterocycles. The Morgan fingerprint density at radius 2 is 2.37 bits per heavy atom. The van der Waals surface area contributed by atoms with Crippen molar-refractivity contribution in [1.29, 1.82) is 0 Å². The Morgan fingerprint density at radius 3 is 3.05 bits per heavy atom. The first-order valence-corrected chi connectivity index (χ1v) is 6.83. The minimum absolute atomic E-state index is 0.235. The van der Waals surface area contributed by atoms with Crippen LogP contribution in [0.1, 0.15) is 18.4 Å². The number of carbonyl (C=O) groups is 1. The van der Waals surface area contributed by atoms with E-state index in [-0.39, 0.29) is 5.91 Å². The Hall–Kier alpha value is -1.55. The van der Waals surface area contributed by atoms with E-state index in [2.05, 4.69) is 0 Å². The molecule has 1 unspecified atom stereocenters. The maximum atomic E-state index is 12.1. The number of aryl methyl sites for hydroxylation is 1. The summed E-state index contributed by atoms with van der Waals surface area (Å²) in [6.07, 6.45) is 2.37. The summed E-state index contributed by atoms with van der Waals surface area (Å²) in [6, 6.07) is 7.89. The molecule has 1 atom stereocenters. The number of methoxy groups -OCH3 is 1. The van der Waals surface area contributed by atoms with E-state index in [1.165, 1.54) is 0 Å². The number of nitrogens with two attached hydrogens (primary N) is 1. The van der Waals surface area contributed by atoms with Crippen LogP contribution in [-0.2, 0) is 11.2 Å². The van der Waals surface area contributed by atoms with Gasteiger partial charge in [0.25, 0.3) is 0 Å². The average Bonchev–Trinajstić information content (AvgIpc) is 2.94. The van der Waals surface area contributed by atoms with E-state index < -0.39 is 0 Å². The number of rotatable bonds is 5. The first-order chi connectivity index (χ1) is 9.22. The van der Waals surface area contributed by atoms with Crippen molar-refractivity contribution in [2.24, 2.45) is 11.7 Å². The predicted molar refractivity (Wildman–Crippen MR) is 75.1 cm³/mol. The molecule has 4 nitrogen and oxygen atoms in total. The maximum Gasteiger partial charge on any atom is 0.222 e. The van der Waals surface area contributed by atoms with Gasteiger partial charge in [-0.15, -0.1) is 0 Å². The van der Waals surface area contributed by atoms with Crippen LogP contribution in [-0.4, -0.2) is 37.6 Å². The normalized spacial score (nSPS) is 18.6. The number of likely N-dealkylation sites (tertiary alicyclic amines) is 1. The number of hydrogen-bond acceptors (Lipinski definition) is 3. The average molecular weight is 262 g/mol. The van der Waals surface area contributed by atoms with Crippen molar-refractivity contribution in [1.82, 2.24) is 4.90 Å². The summed E-state index contributed by atoms with van der Waals surface area (Å²) in [4.78, 5) is 14.0. The van der Waals surface area contributed by atoms with Gasteiger partial charge in [0, 0.05) is 19.5 Å². The lowest BCUT2D eigenvalue weighted by Gasteiger charge is -2.16. The Bertz CT molecular complexity index is 434. The third-order valence-electron chi connectivity index (χ3n) is 3.73. The zero-order valence-electron chi connectivity index (χ0n) is 11.5. The van der Waals surface area contributed by atoms with Gasteiger partial charge in [0.05, 0.1) is 7.11 Å². The van der Waals surface area contributed by atoms with E-state index in [9.17, 15) is 4.79 Å². The maximum absolute atomic E-state index is 12.1. The summed E-state index contributed by atoms with van der Waals surface area (Å²) in [5, 5.41) is 0. The molecule has 2 rings (SSSR count). The van der Waals surface area contributed by atoms with Crippen LogP contribution in [0.3, 0.4) is 0 Å². The van der Waals surface area contributed by atoms with E-state index in [4.69, 9.17) is 10.5 Å². The van der Waals surface area contributed by atoms with Crippen molar-refractivity contribution < 1.29 is 9.53 Å². The minimum atomic E-state index is 0.235. The van der Waals surface area contributed by atoms with Gasteiger partial charge in [-0.2, -0.15) is 0 Å². The molecule has 0 spiro atoms. The lowest BCUT2D eigenvalue weighted by atomic mass is 10.1. The largest absolute Gasteiger partial charge is 0.497 e. The molecule has 0 bridgehead atoms. The molecule has 1 aliphatic heterocycles. The summed E-state index contributed by atoms with van der Waals surface area (Å²) >= 11 is 0. The second kappa shape index (κ2) is 6.57. The highest BCUT2D eigenvalue weighted by Crippen LogP contribution is 2.18. The van der Waals surface area contributed by atoms with Gasteiger partial charge < -0.3 is 15.4 Å². The Kier molecular flexibility index (Phi) is 4.80. The lowest BCUT2D eigenvalue weighted by Crippen LogP contribution is -2.29. The molecule has 1 aromatic carbocycles. The van der Waals surface area contributed by atoms with Gasteiger partial charge in [0.2, 0.25) is 5.91 Å². The van der Waals surface area contributed by atoms with Crippen LogP contribution in [0, 0.1) is 5.92 Å². The second-order valence-electron chi connectivity index (χ2n) is 5.08. The van der Waals surface area contributed by atoms with Crippen LogP contribution in [0.5, 0.6) is 5.75 Å². The molecule has 4 heteroatoms. The van der Waals surface area contributed by atoms with Crippen molar-refractivity contribution in [3.05, 3.63) is 29.8 Å². The highest BCUT2D eigenvalue weighted by atomic mass is 16.5. The molecule has 1 aromatic rings. The van der Waals surface area contributed by atoms with E-state index in [0.717, 1.165) is 37.2 Å². The summed E-state index contributed by atoms with van der Waals surface area (Å²) in [5.41, 5.74) is 6.78. The molecule has 1 amide bonds. The van der Waals surface area contributed by atoms with Crippen molar-refractivity contribution in [2.75, 3.05) is 26.7 Å². The highest BCUT2D eigenvalue weighted by molar-refractivity contribution is 5.76. The Balaban J connectivity index is 1.83. The third kappa shape index (κ3) is 3.70. The number of carbonyl (C=O) groups excluding carboxylic acids is 1. The van der Waals surface area contributed by atoms with Crippen molar-refractivity contribution in [3.8, 4) is 5.75 Å². The van der Waals surface area contributed by atoms with Gasteiger partial charge in [0.15, 0.2) is 0 Å². The van der Waals surface area contributed by atoms with E-state index in [1.54, 1.807) is 7.11 Å².